The van der Waals surface area contributed by atoms with Crippen molar-refractivity contribution in [2.24, 2.45) is 0 Å². The number of carbonyl (C=O) groups excluding carboxylic acids is 3. The Hall–Kier alpha value is -3.15. The monoisotopic (exact) mass is 795 g/mol. The van der Waals surface area contributed by atoms with Gasteiger partial charge < -0.3 is 14.2 Å². The molecule has 1 unspecified atom stereocenters. The van der Waals surface area contributed by atoms with Crippen LogP contribution in [0.4, 0.5) is 0 Å². The van der Waals surface area contributed by atoms with E-state index in [0.29, 0.717) is 19.3 Å². The van der Waals surface area contributed by atoms with Gasteiger partial charge in [0, 0.05) is 19.3 Å². The Morgan fingerprint density at radius 3 is 1.23 bits per heavy atom. The molecule has 326 valence electrons. The third-order valence-corrected chi connectivity index (χ3v) is 9.68. The lowest BCUT2D eigenvalue weighted by atomic mass is 10.0. The fraction of sp³-hybridized carbons (Fsp3) is 0.706. The van der Waals surface area contributed by atoms with Crippen molar-refractivity contribution in [1.82, 2.24) is 0 Å². The van der Waals surface area contributed by atoms with Crippen LogP contribution in [0, 0.1) is 0 Å². The molecule has 6 nitrogen and oxygen atoms in total. The summed E-state index contributed by atoms with van der Waals surface area (Å²) in [4.78, 5) is 37.7. The van der Waals surface area contributed by atoms with Crippen molar-refractivity contribution in [2.45, 2.75) is 219 Å². The molecule has 0 fully saturated rings. The number of rotatable bonds is 41. The highest BCUT2D eigenvalue weighted by atomic mass is 16.6. The van der Waals surface area contributed by atoms with Crippen LogP contribution in [0.2, 0.25) is 0 Å². The molecule has 0 saturated carbocycles. The minimum absolute atomic E-state index is 0.0968. The zero-order chi connectivity index (χ0) is 41.5. The van der Waals surface area contributed by atoms with Gasteiger partial charge in [0.1, 0.15) is 13.2 Å². The summed E-state index contributed by atoms with van der Waals surface area (Å²) in [6, 6.07) is 0. The van der Waals surface area contributed by atoms with Gasteiger partial charge in [-0.1, -0.05) is 190 Å². The second-order valence-electron chi connectivity index (χ2n) is 15.3. The van der Waals surface area contributed by atoms with E-state index in [9.17, 15) is 14.4 Å². The Kier molecular flexibility index (Phi) is 43.0. The van der Waals surface area contributed by atoms with Crippen LogP contribution in [0.15, 0.2) is 72.9 Å². The van der Waals surface area contributed by atoms with Gasteiger partial charge in [0.25, 0.3) is 0 Å². The number of esters is 3. The van der Waals surface area contributed by atoms with Crippen LogP contribution in [-0.2, 0) is 28.6 Å². The summed E-state index contributed by atoms with van der Waals surface area (Å²) >= 11 is 0. The zero-order valence-electron chi connectivity index (χ0n) is 37.1. The molecule has 1 atom stereocenters. The highest BCUT2D eigenvalue weighted by molar-refractivity contribution is 5.71. The van der Waals surface area contributed by atoms with E-state index < -0.39 is 6.10 Å². The SMILES string of the molecule is CC/C=C\C/C=C\C/C=C\C/C=C\C/C=C\CCCC(=O)OCC(COC(=O)CCCCCCC/C=C\CCC)OC(=O)CCCCCCCCCCCCCC. The van der Waals surface area contributed by atoms with Crippen LogP contribution in [0.25, 0.3) is 0 Å². The van der Waals surface area contributed by atoms with E-state index >= 15 is 0 Å². The fourth-order valence-electron chi connectivity index (χ4n) is 6.18. The standard InChI is InChI=1S/C51H86O6/c1-4-7-10-13-16-19-22-24-25-26-27-28-30-32-35-38-41-44-50(53)56-47-48(46-55-49(52)43-40-37-34-31-21-18-15-12-9-6-3)57-51(54)45-42-39-36-33-29-23-20-17-14-11-8-5-2/h7,10,12,15-16,19,24-25,27-28,32,35,48H,4-6,8-9,11,13-14,17-18,20-23,26,29-31,33-34,36-47H2,1-3H3/b10-7-,15-12-,19-16-,25-24-,28-27-,35-32-. The molecule has 6 heteroatoms. The third-order valence-electron chi connectivity index (χ3n) is 9.68. The molecule has 0 aromatic carbocycles. The molecule has 0 aliphatic rings. The normalized spacial score (nSPS) is 12.7. The Labute approximate surface area is 351 Å². The van der Waals surface area contributed by atoms with Crippen LogP contribution >= 0.6 is 0 Å². The summed E-state index contributed by atoms with van der Waals surface area (Å²) in [7, 11) is 0. The Morgan fingerprint density at radius 2 is 0.737 bits per heavy atom. The van der Waals surface area contributed by atoms with E-state index in [1.807, 2.05) is 0 Å². The predicted octanol–water partition coefficient (Wildman–Crippen LogP) is 15.1. The summed E-state index contributed by atoms with van der Waals surface area (Å²) < 4.78 is 16.7. The molecule has 0 bridgehead atoms. The van der Waals surface area contributed by atoms with E-state index in [0.717, 1.165) is 96.3 Å². The molecule has 0 radical (unpaired) electrons. The zero-order valence-corrected chi connectivity index (χ0v) is 37.1. The molecule has 0 heterocycles. The number of carbonyl (C=O) groups is 3. The molecule has 0 aliphatic carbocycles. The van der Waals surface area contributed by atoms with Gasteiger partial charge in [-0.3, -0.25) is 14.4 Å². The van der Waals surface area contributed by atoms with E-state index in [2.05, 4.69) is 93.7 Å². The predicted molar refractivity (Wildman–Crippen MR) is 242 cm³/mol. The molecule has 0 amide bonds. The number of unbranched alkanes of at least 4 members (excludes halogenated alkanes) is 18. The molecule has 0 saturated heterocycles. The van der Waals surface area contributed by atoms with Gasteiger partial charge in [0.05, 0.1) is 0 Å². The second-order valence-corrected chi connectivity index (χ2v) is 15.3. The van der Waals surface area contributed by atoms with Crippen molar-refractivity contribution < 1.29 is 28.6 Å². The molecule has 57 heavy (non-hydrogen) atoms. The summed E-state index contributed by atoms with van der Waals surface area (Å²) in [5.41, 5.74) is 0. The number of hydrogen-bond acceptors (Lipinski definition) is 6. The van der Waals surface area contributed by atoms with Crippen molar-refractivity contribution in [3.05, 3.63) is 72.9 Å². The van der Waals surface area contributed by atoms with Crippen LogP contribution in [0.1, 0.15) is 213 Å². The minimum Gasteiger partial charge on any atom is -0.462 e. The Balaban J connectivity index is 4.46. The average molecular weight is 795 g/mol. The largest absolute Gasteiger partial charge is 0.462 e. The van der Waals surface area contributed by atoms with E-state index in [-0.39, 0.29) is 37.5 Å². The molecule has 0 aromatic heterocycles. The number of ether oxygens (including phenoxy) is 3. The number of allylic oxidation sites excluding steroid dienone is 12. The molecule has 0 N–H and O–H groups in total. The van der Waals surface area contributed by atoms with Crippen molar-refractivity contribution in [1.29, 1.82) is 0 Å². The van der Waals surface area contributed by atoms with E-state index in [1.165, 1.54) is 70.6 Å². The molecule has 0 spiro atoms. The van der Waals surface area contributed by atoms with Crippen molar-refractivity contribution in [3.8, 4) is 0 Å². The van der Waals surface area contributed by atoms with Gasteiger partial charge in [-0.2, -0.15) is 0 Å². The quantitative estimate of drug-likeness (QED) is 0.0265. The van der Waals surface area contributed by atoms with Crippen LogP contribution in [0.5, 0.6) is 0 Å². The summed E-state index contributed by atoms with van der Waals surface area (Å²) in [6.07, 6.45) is 56.0. The van der Waals surface area contributed by atoms with Gasteiger partial charge in [-0.15, -0.1) is 0 Å². The first-order valence-corrected chi connectivity index (χ1v) is 23.4. The molecule has 0 aromatic rings. The lowest BCUT2D eigenvalue weighted by molar-refractivity contribution is -0.167. The first-order valence-electron chi connectivity index (χ1n) is 23.4. The van der Waals surface area contributed by atoms with E-state index in [1.54, 1.807) is 0 Å². The van der Waals surface area contributed by atoms with Crippen molar-refractivity contribution >= 4 is 17.9 Å². The smallest absolute Gasteiger partial charge is 0.306 e. The molecule has 0 rings (SSSR count). The van der Waals surface area contributed by atoms with Crippen molar-refractivity contribution in [2.75, 3.05) is 13.2 Å². The highest BCUT2D eigenvalue weighted by Crippen LogP contribution is 2.14. The lowest BCUT2D eigenvalue weighted by Crippen LogP contribution is -2.30. The van der Waals surface area contributed by atoms with Crippen molar-refractivity contribution in [3.63, 3.8) is 0 Å². The van der Waals surface area contributed by atoms with Crippen LogP contribution < -0.4 is 0 Å². The molecular weight excluding hydrogens is 709 g/mol. The second kappa shape index (κ2) is 45.6. The summed E-state index contributed by atoms with van der Waals surface area (Å²) in [5, 5.41) is 0. The highest BCUT2D eigenvalue weighted by Gasteiger charge is 2.19. The van der Waals surface area contributed by atoms with Crippen LogP contribution in [-0.4, -0.2) is 37.2 Å². The first kappa shape index (κ1) is 53.9. The minimum atomic E-state index is -0.797. The number of hydrogen-bond donors (Lipinski definition) is 0. The fourth-order valence-corrected chi connectivity index (χ4v) is 6.18. The topological polar surface area (TPSA) is 78.9 Å². The lowest BCUT2D eigenvalue weighted by Gasteiger charge is -2.18. The summed E-state index contributed by atoms with van der Waals surface area (Å²) in [5.74, 6) is -0.971. The Morgan fingerprint density at radius 1 is 0.368 bits per heavy atom. The summed E-state index contributed by atoms with van der Waals surface area (Å²) in [6.45, 7) is 6.39. The van der Waals surface area contributed by atoms with Gasteiger partial charge in [-0.25, -0.2) is 0 Å². The van der Waals surface area contributed by atoms with Gasteiger partial charge >= 0.3 is 17.9 Å². The van der Waals surface area contributed by atoms with Gasteiger partial charge in [0.2, 0.25) is 0 Å². The maximum atomic E-state index is 12.7. The maximum absolute atomic E-state index is 12.7. The van der Waals surface area contributed by atoms with Gasteiger partial charge in [0.15, 0.2) is 6.10 Å². The average Bonchev–Trinajstić information content (AvgIpc) is 3.21. The first-order chi connectivity index (χ1) is 28.0. The molecule has 0 aliphatic heterocycles. The van der Waals surface area contributed by atoms with Crippen LogP contribution in [0.3, 0.4) is 0 Å². The van der Waals surface area contributed by atoms with E-state index in [4.69, 9.17) is 14.2 Å². The Bertz CT molecular complexity index is 1100. The maximum Gasteiger partial charge on any atom is 0.306 e. The van der Waals surface area contributed by atoms with Gasteiger partial charge in [-0.05, 0) is 77.0 Å². The third kappa shape index (κ3) is 43.8. The molecular formula is C51H86O6.